The van der Waals surface area contributed by atoms with Crippen LogP contribution in [0.15, 0.2) is 12.3 Å². The molecule has 1 aliphatic rings. The van der Waals surface area contributed by atoms with Crippen LogP contribution in [0.25, 0.3) is 0 Å². The van der Waals surface area contributed by atoms with Crippen LogP contribution in [-0.4, -0.2) is 54.3 Å². The first-order valence-corrected chi connectivity index (χ1v) is 7.32. The zero-order valence-electron chi connectivity index (χ0n) is 12.4. The average molecular weight is 279 g/mol. The van der Waals surface area contributed by atoms with E-state index >= 15 is 0 Å². The summed E-state index contributed by atoms with van der Waals surface area (Å²) in [6.45, 7) is 3.90. The summed E-state index contributed by atoms with van der Waals surface area (Å²) in [6, 6.07) is 1.85. The molecule has 1 saturated heterocycles. The highest BCUT2D eigenvalue weighted by atomic mass is 16.1. The topological polar surface area (TPSA) is 62.2 Å². The molecule has 1 amide bonds. The van der Waals surface area contributed by atoms with Crippen LogP contribution in [0.2, 0.25) is 0 Å². The van der Waals surface area contributed by atoms with Crippen molar-refractivity contribution in [2.24, 2.45) is 5.92 Å². The first-order valence-electron chi connectivity index (χ1n) is 7.32. The zero-order chi connectivity index (χ0) is 14.4. The summed E-state index contributed by atoms with van der Waals surface area (Å²) in [5.41, 5.74) is 0. The first kappa shape index (κ1) is 15.0. The first-order chi connectivity index (χ1) is 9.63. The van der Waals surface area contributed by atoms with Gasteiger partial charge in [-0.15, -0.1) is 0 Å². The molecule has 2 heterocycles. The fraction of sp³-hybridized carbons (Fsp3) is 0.714. The van der Waals surface area contributed by atoms with E-state index < -0.39 is 0 Å². The normalized spacial score (nSPS) is 18.6. The van der Waals surface area contributed by atoms with E-state index in [4.69, 9.17) is 0 Å². The molecule has 2 N–H and O–H groups in total. The maximum atomic E-state index is 11.9. The smallest absolute Gasteiger partial charge is 0.225 e. The molecule has 6 nitrogen and oxygen atoms in total. The minimum atomic E-state index is 0.0646. The van der Waals surface area contributed by atoms with Gasteiger partial charge in [-0.2, -0.15) is 5.10 Å². The monoisotopic (exact) mass is 279 g/mol. The number of carbonyl (C=O) groups is 1. The van der Waals surface area contributed by atoms with Gasteiger partial charge >= 0.3 is 0 Å². The highest BCUT2D eigenvalue weighted by Crippen LogP contribution is 2.14. The second-order valence-corrected chi connectivity index (χ2v) is 5.71. The van der Waals surface area contributed by atoms with Gasteiger partial charge in [-0.3, -0.25) is 9.48 Å². The van der Waals surface area contributed by atoms with Crippen LogP contribution < -0.4 is 10.6 Å². The number of rotatable bonds is 7. The van der Waals surface area contributed by atoms with Crippen LogP contribution in [0.1, 0.15) is 19.3 Å². The van der Waals surface area contributed by atoms with Gasteiger partial charge in [-0.1, -0.05) is 0 Å². The van der Waals surface area contributed by atoms with Crippen LogP contribution in [0, 0.1) is 5.92 Å². The summed E-state index contributed by atoms with van der Waals surface area (Å²) in [4.78, 5) is 14.0. The van der Waals surface area contributed by atoms with Gasteiger partial charge in [-0.05, 0) is 45.9 Å². The zero-order valence-corrected chi connectivity index (χ0v) is 12.4. The third kappa shape index (κ3) is 4.94. The van der Waals surface area contributed by atoms with Crippen LogP contribution >= 0.6 is 0 Å². The number of nitrogens with zero attached hydrogens (tertiary/aromatic N) is 3. The quantitative estimate of drug-likeness (QED) is 0.774. The van der Waals surface area contributed by atoms with Gasteiger partial charge in [0.2, 0.25) is 5.91 Å². The maximum Gasteiger partial charge on any atom is 0.225 e. The van der Waals surface area contributed by atoms with Crippen molar-refractivity contribution in [3.63, 3.8) is 0 Å². The molecule has 1 atom stereocenters. The van der Waals surface area contributed by atoms with E-state index in [1.54, 1.807) is 0 Å². The minimum Gasteiger partial charge on any atom is -0.316 e. The minimum absolute atomic E-state index is 0.0646. The molecular formula is C14H25N5O. The van der Waals surface area contributed by atoms with E-state index in [9.17, 15) is 4.79 Å². The van der Waals surface area contributed by atoms with Gasteiger partial charge in [0.25, 0.3) is 0 Å². The molecule has 0 radical (unpaired) electrons. The van der Waals surface area contributed by atoms with Crippen molar-refractivity contribution < 1.29 is 4.79 Å². The largest absolute Gasteiger partial charge is 0.316 e. The van der Waals surface area contributed by atoms with Crippen LogP contribution in [0.4, 0.5) is 5.82 Å². The summed E-state index contributed by atoms with van der Waals surface area (Å²) in [5, 5.41) is 10.5. The molecule has 1 aliphatic heterocycles. The molecule has 0 aliphatic carbocycles. The van der Waals surface area contributed by atoms with Crippen LogP contribution in [0.3, 0.4) is 0 Å². The fourth-order valence-corrected chi connectivity index (χ4v) is 2.36. The molecule has 1 fully saturated rings. The van der Waals surface area contributed by atoms with E-state index in [1.807, 2.05) is 31.0 Å². The van der Waals surface area contributed by atoms with Gasteiger partial charge in [-0.25, -0.2) is 0 Å². The number of amides is 1. The second-order valence-electron chi connectivity index (χ2n) is 5.71. The molecular weight excluding hydrogens is 254 g/mol. The van der Waals surface area contributed by atoms with E-state index in [1.165, 1.54) is 6.42 Å². The Morgan fingerprint density at radius 3 is 3.15 bits per heavy atom. The Balaban J connectivity index is 1.70. The second kappa shape index (κ2) is 7.40. The van der Waals surface area contributed by atoms with Crippen molar-refractivity contribution in [1.82, 2.24) is 20.0 Å². The van der Waals surface area contributed by atoms with Crippen molar-refractivity contribution in [3.05, 3.63) is 12.3 Å². The number of carbonyl (C=O) groups excluding carboxylic acids is 1. The number of aromatic nitrogens is 2. The molecule has 0 spiro atoms. The van der Waals surface area contributed by atoms with E-state index in [-0.39, 0.29) is 5.91 Å². The van der Waals surface area contributed by atoms with Gasteiger partial charge in [0.05, 0.1) is 6.54 Å². The predicted octanol–water partition coefficient (Wildman–Crippen LogP) is 0.773. The summed E-state index contributed by atoms with van der Waals surface area (Å²) >= 11 is 0. The Morgan fingerprint density at radius 1 is 1.60 bits per heavy atom. The molecule has 20 heavy (non-hydrogen) atoms. The maximum absolute atomic E-state index is 11.9. The summed E-state index contributed by atoms with van der Waals surface area (Å²) in [7, 11) is 4.06. The Morgan fingerprint density at radius 2 is 2.45 bits per heavy atom. The number of nitrogens with one attached hydrogen (secondary N) is 2. The van der Waals surface area contributed by atoms with E-state index in [0.717, 1.165) is 32.6 Å². The van der Waals surface area contributed by atoms with Crippen LogP contribution in [-0.2, 0) is 11.3 Å². The Hall–Kier alpha value is -1.40. The lowest BCUT2D eigenvalue weighted by Gasteiger charge is -2.09. The van der Waals surface area contributed by atoms with Gasteiger partial charge in [0.15, 0.2) is 5.82 Å². The van der Waals surface area contributed by atoms with Crippen molar-refractivity contribution in [3.8, 4) is 0 Å². The molecule has 1 aromatic rings. The van der Waals surface area contributed by atoms with Gasteiger partial charge in [0, 0.05) is 25.2 Å². The lowest BCUT2D eigenvalue weighted by molar-refractivity contribution is -0.116. The third-order valence-electron chi connectivity index (χ3n) is 3.63. The molecule has 1 aromatic heterocycles. The fourth-order valence-electron chi connectivity index (χ4n) is 2.36. The molecule has 112 valence electrons. The lowest BCUT2D eigenvalue weighted by Crippen LogP contribution is -2.19. The summed E-state index contributed by atoms with van der Waals surface area (Å²) in [6.07, 6.45) is 4.63. The Kier molecular flexibility index (Phi) is 5.55. The number of likely N-dealkylation sites (N-methyl/N-ethyl adjacent to an activating group) is 1. The SMILES string of the molecule is CN(C)CCn1ccc(NC(=O)CCC2CCNC2)n1. The summed E-state index contributed by atoms with van der Waals surface area (Å²) in [5.74, 6) is 1.37. The van der Waals surface area contributed by atoms with Crippen molar-refractivity contribution >= 4 is 11.7 Å². The number of hydrogen-bond acceptors (Lipinski definition) is 4. The van der Waals surface area contributed by atoms with Crippen molar-refractivity contribution in [1.29, 1.82) is 0 Å². The third-order valence-corrected chi connectivity index (χ3v) is 3.63. The van der Waals surface area contributed by atoms with Crippen molar-refractivity contribution in [2.75, 3.05) is 39.0 Å². The number of anilines is 1. The summed E-state index contributed by atoms with van der Waals surface area (Å²) < 4.78 is 1.86. The molecule has 2 rings (SSSR count). The molecule has 0 bridgehead atoms. The number of hydrogen-bond donors (Lipinski definition) is 2. The molecule has 0 aromatic carbocycles. The van der Waals surface area contributed by atoms with Crippen LogP contribution in [0.5, 0.6) is 0 Å². The predicted molar refractivity (Wildman–Crippen MR) is 79.6 cm³/mol. The van der Waals surface area contributed by atoms with E-state index in [2.05, 4.69) is 20.6 Å². The molecule has 1 unspecified atom stereocenters. The average Bonchev–Trinajstić information content (AvgIpc) is 3.05. The molecule has 6 heteroatoms. The standard InChI is InChI=1S/C14H25N5O/c1-18(2)9-10-19-8-6-13(17-19)16-14(20)4-3-12-5-7-15-11-12/h6,8,12,15H,3-5,7,9-11H2,1-2H3,(H,16,17,20). The highest BCUT2D eigenvalue weighted by Gasteiger charge is 2.15. The lowest BCUT2D eigenvalue weighted by atomic mass is 10.0. The highest BCUT2D eigenvalue weighted by molar-refractivity contribution is 5.89. The van der Waals surface area contributed by atoms with Gasteiger partial charge in [0.1, 0.15) is 0 Å². The van der Waals surface area contributed by atoms with Gasteiger partial charge < -0.3 is 15.5 Å². The Bertz CT molecular complexity index is 423. The van der Waals surface area contributed by atoms with Crippen molar-refractivity contribution in [2.45, 2.75) is 25.8 Å². The Labute approximate surface area is 120 Å². The molecule has 0 saturated carbocycles. The van der Waals surface area contributed by atoms with E-state index in [0.29, 0.717) is 18.2 Å².